The summed E-state index contributed by atoms with van der Waals surface area (Å²) in [6, 6.07) is 10.1. The van der Waals surface area contributed by atoms with Crippen LogP contribution in [0.15, 0.2) is 99.5 Å². The Labute approximate surface area is 337 Å². The lowest BCUT2D eigenvalue weighted by atomic mass is 10.1. The minimum atomic E-state index is -5.11. The zero-order chi connectivity index (χ0) is 42.3. The van der Waals surface area contributed by atoms with Gasteiger partial charge in [0.1, 0.15) is 26.9 Å². The number of thioether (sulfide) groups is 1. The van der Waals surface area contributed by atoms with Crippen LogP contribution in [0.25, 0.3) is 10.8 Å². The molecule has 0 aliphatic heterocycles. The number of anilines is 1. The molecule has 0 saturated carbocycles. The van der Waals surface area contributed by atoms with Crippen LogP contribution in [0.1, 0.15) is 0 Å². The van der Waals surface area contributed by atoms with Crippen molar-refractivity contribution in [2.75, 3.05) is 32.1 Å². The van der Waals surface area contributed by atoms with Gasteiger partial charge in [0.2, 0.25) is 0 Å². The standard InChI is InChI=1S/C28H26N6O17S6.H2O/c1-34(2)9-12-54(37,38)19-6-3-17(4-7-19)30-33-27-23(56(42,43)44)14-16-13-21(53-50-49-36)26(28(35)24(16)25(27)29)32-31-20-8-5-18(15-22(20)55(39,40)41)52-11-10-48-51-57(45,46)47;/h3-8,13-15,35-36H,9,12,29H2,1-2H3,(H,39,40,41)(H,42,43,44)(H,45,46,47);1H2. The number of nitrogens with zero attached hydrogens (tertiary/aromatic N) is 5. The predicted octanol–water partition coefficient (Wildman–Crippen LogP) is 4.15. The monoisotopic (exact) mass is 928 g/mol. The number of aromatic hydroxyl groups is 1. The molecule has 0 bridgehead atoms. The van der Waals surface area contributed by atoms with E-state index in [0.717, 1.165) is 24.3 Å². The smallest absolute Gasteiger partial charge is 0.433 e. The van der Waals surface area contributed by atoms with Crippen LogP contribution in [-0.4, -0.2) is 94.5 Å². The first-order valence-electron chi connectivity index (χ1n) is 14.7. The van der Waals surface area contributed by atoms with Gasteiger partial charge in [-0.05, 0) is 90.2 Å². The number of hydrogen-bond donors (Lipinski definition) is 6. The van der Waals surface area contributed by atoms with Crippen molar-refractivity contribution in [1.82, 2.24) is 4.90 Å². The Morgan fingerprint density at radius 1 is 0.828 bits per heavy atom. The average Bonchev–Trinajstić information content (AvgIpc) is 3.11. The van der Waals surface area contributed by atoms with Crippen molar-refractivity contribution in [3.05, 3.63) is 54.6 Å². The molecule has 4 aromatic carbocycles. The fourth-order valence-corrected chi connectivity index (χ4v) is 8.29. The van der Waals surface area contributed by atoms with Gasteiger partial charge in [0.15, 0.2) is 21.7 Å². The molecule has 9 N–H and O–H groups in total. The van der Waals surface area contributed by atoms with Crippen LogP contribution < -0.4 is 5.73 Å². The van der Waals surface area contributed by atoms with Crippen LogP contribution in [0, 0.1) is 11.4 Å². The Kier molecular flexibility index (Phi) is 16.0. The molecule has 0 saturated heterocycles. The van der Waals surface area contributed by atoms with Crippen molar-refractivity contribution in [3.8, 4) is 17.1 Å². The van der Waals surface area contributed by atoms with E-state index in [1.165, 1.54) is 30.3 Å². The van der Waals surface area contributed by atoms with Gasteiger partial charge >= 0.3 is 10.4 Å². The fourth-order valence-electron chi connectivity index (χ4n) is 4.38. The molecule has 0 fully saturated rings. The van der Waals surface area contributed by atoms with Gasteiger partial charge in [-0.2, -0.15) is 30.4 Å². The first-order chi connectivity index (χ1) is 26.5. The quantitative estimate of drug-likeness (QED) is 0.0134. The number of benzene rings is 4. The Bertz CT molecular complexity index is 2760. The second kappa shape index (κ2) is 19.5. The van der Waals surface area contributed by atoms with Gasteiger partial charge in [0.05, 0.1) is 44.3 Å². The molecule has 4 aromatic rings. The lowest BCUT2D eigenvalue weighted by Crippen LogP contribution is -2.21. The summed E-state index contributed by atoms with van der Waals surface area (Å²) < 4.78 is 132. The van der Waals surface area contributed by atoms with Gasteiger partial charge in [-0.1, -0.05) is 5.04 Å². The maximum absolute atomic E-state index is 12.6. The van der Waals surface area contributed by atoms with E-state index >= 15 is 0 Å². The van der Waals surface area contributed by atoms with Crippen LogP contribution in [0.5, 0.6) is 5.75 Å². The lowest BCUT2D eigenvalue weighted by molar-refractivity contribution is -0.432. The number of hydrogen-bond acceptors (Lipinski definition) is 22. The van der Waals surface area contributed by atoms with E-state index in [2.05, 4.69) is 44.3 Å². The van der Waals surface area contributed by atoms with Crippen molar-refractivity contribution < 1.29 is 81.8 Å². The molecule has 0 amide bonds. The first kappa shape index (κ1) is 47.8. The zero-order valence-corrected chi connectivity index (χ0v) is 33.9. The molecule has 0 aliphatic rings. The molecule has 0 aromatic heterocycles. The number of azo groups is 2. The highest BCUT2D eigenvalue weighted by atomic mass is 32.3. The molecule has 0 aliphatic carbocycles. The van der Waals surface area contributed by atoms with Gasteiger partial charge in [0, 0.05) is 16.7 Å². The minimum Gasteiger partial charge on any atom is -0.505 e. The number of rotatable bonds is 16. The van der Waals surface area contributed by atoms with Crippen molar-refractivity contribution in [2.24, 2.45) is 20.5 Å². The maximum Gasteiger partial charge on any atom is 0.433 e. The highest BCUT2D eigenvalue weighted by Gasteiger charge is 2.26. The van der Waals surface area contributed by atoms with Crippen LogP contribution in [0.2, 0.25) is 0 Å². The highest BCUT2D eigenvalue weighted by molar-refractivity contribution is 8.04. The first-order valence-corrected chi connectivity index (χ1v) is 22.1. The van der Waals surface area contributed by atoms with E-state index in [-0.39, 0.29) is 61.0 Å². The number of phenolic OH excluding ortho intramolecular Hbond substituents is 1. The Balaban J connectivity index is 0.00000900. The van der Waals surface area contributed by atoms with Crippen molar-refractivity contribution in [1.29, 1.82) is 0 Å². The second-order valence-corrected chi connectivity index (χ2v) is 18.5. The summed E-state index contributed by atoms with van der Waals surface area (Å²) in [6.07, 6.45) is 1.74. The summed E-state index contributed by atoms with van der Waals surface area (Å²) >= 11 is 0.736. The van der Waals surface area contributed by atoms with Crippen LogP contribution in [-0.2, 0) is 59.1 Å². The van der Waals surface area contributed by atoms with Gasteiger partial charge < -0.3 is 21.2 Å². The average molecular weight is 929 g/mol. The van der Waals surface area contributed by atoms with E-state index in [1.807, 2.05) is 0 Å². The molecule has 0 unspecified atom stereocenters. The largest absolute Gasteiger partial charge is 0.505 e. The van der Waals surface area contributed by atoms with Crippen molar-refractivity contribution in [2.45, 2.75) is 24.5 Å². The highest BCUT2D eigenvalue weighted by Crippen LogP contribution is 2.50. The summed E-state index contributed by atoms with van der Waals surface area (Å²) in [4.78, 5) is 3.62. The van der Waals surface area contributed by atoms with Crippen molar-refractivity contribution in [3.63, 3.8) is 0 Å². The third-order valence-electron chi connectivity index (χ3n) is 6.85. The topological polar surface area (TPSA) is 385 Å². The van der Waals surface area contributed by atoms with Crippen LogP contribution in [0.3, 0.4) is 0 Å². The van der Waals surface area contributed by atoms with Gasteiger partial charge in [-0.25, -0.2) is 13.7 Å². The summed E-state index contributed by atoms with van der Waals surface area (Å²) in [5.41, 5.74) is 3.95. The summed E-state index contributed by atoms with van der Waals surface area (Å²) in [6.45, 7) is 0.260. The van der Waals surface area contributed by atoms with Gasteiger partial charge in [-0.15, -0.1) is 19.7 Å². The Hall–Kier alpha value is -4.56. The van der Waals surface area contributed by atoms with E-state index in [1.54, 1.807) is 25.1 Å². The number of sulfone groups is 1. The van der Waals surface area contributed by atoms with E-state index in [9.17, 15) is 47.9 Å². The normalized spacial score (nSPS) is 12.5. The van der Waals surface area contributed by atoms with Gasteiger partial charge in [-0.3, -0.25) is 18.5 Å². The third kappa shape index (κ3) is 12.7. The lowest BCUT2D eigenvalue weighted by Gasteiger charge is -2.14. The summed E-state index contributed by atoms with van der Waals surface area (Å²) in [7, 11) is -15.4. The molecule has 58 heavy (non-hydrogen) atoms. The summed E-state index contributed by atoms with van der Waals surface area (Å²) in [5.74, 6) is -1.04. The number of nitrogens with two attached hydrogens (primary N) is 1. The van der Waals surface area contributed by atoms with E-state index in [0.29, 0.717) is 11.8 Å². The maximum atomic E-state index is 12.6. The van der Waals surface area contributed by atoms with Gasteiger partial charge in [0.25, 0.3) is 20.2 Å². The molecule has 0 heterocycles. The Morgan fingerprint density at radius 2 is 1.47 bits per heavy atom. The van der Waals surface area contributed by atoms with Crippen LogP contribution in [0.4, 0.5) is 28.4 Å². The second-order valence-electron chi connectivity index (χ2n) is 11.0. The number of nitrogen functional groups attached to an aromatic ring is 1. The molecular formula is C28H28N6O18S6. The van der Waals surface area contributed by atoms with Crippen LogP contribution >= 0.6 is 23.8 Å². The third-order valence-corrected chi connectivity index (χ3v) is 11.8. The molecule has 314 valence electrons. The van der Waals surface area contributed by atoms with E-state index < -0.39 is 78.8 Å². The molecule has 0 radical (unpaired) electrons. The predicted molar refractivity (Wildman–Crippen MR) is 203 cm³/mol. The zero-order valence-electron chi connectivity index (χ0n) is 29.0. The fraction of sp³-hybridized carbons (Fsp3) is 0.143. The molecule has 0 atom stereocenters. The molecule has 24 nitrogen and oxygen atoms in total. The molecule has 0 spiro atoms. The molecular weight excluding hydrogens is 901 g/mol. The SMILES string of the molecule is CN(C)CCS(=O)(=O)c1ccc(N=Nc2c(S(=O)(=O)O)cc3cc(SOOO)c(N=Nc4ccc(SC#COOS(=O)(=O)O)cc4S(=O)(=O)O)c(O)c3c2N)cc1.O. The van der Waals surface area contributed by atoms with E-state index in [4.69, 9.17) is 15.5 Å². The molecule has 30 heteroatoms. The number of phenols is 1. The number of fused-ring (bicyclic) bond motifs is 1. The molecule has 4 rings (SSSR count). The summed E-state index contributed by atoms with van der Waals surface area (Å²) in [5, 5.41) is 40.8. The Morgan fingerprint density at radius 3 is 2.05 bits per heavy atom. The minimum absolute atomic E-state index is 0. The van der Waals surface area contributed by atoms with Crippen molar-refractivity contribution >= 4 is 103 Å².